The van der Waals surface area contributed by atoms with Gasteiger partial charge in [-0.2, -0.15) is 0 Å². The zero-order chi connectivity index (χ0) is 22.1. The van der Waals surface area contributed by atoms with E-state index in [2.05, 4.69) is 0 Å². The summed E-state index contributed by atoms with van der Waals surface area (Å²) >= 11 is 0. The van der Waals surface area contributed by atoms with E-state index in [0.29, 0.717) is 11.9 Å². The number of hydrogen-bond acceptors (Lipinski definition) is 6. The first kappa shape index (κ1) is 21.5. The molecule has 1 aromatic carbocycles. The molecule has 1 aromatic heterocycles. The van der Waals surface area contributed by atoms with Crippen LogP contribution in [0.25, 0.3) is 10.9 Å². The van der Waals surface area contributed by atoms with Gasteiger partial charge in [-0.25, -0.2) is 4.79 Å². The summed E-state index contributed by atoms with van der Waals surface area (Å²) in [6.45, 7) is 6.76. The molecule has 0 saturated carbocycles. The molecule has 2 heterocycles. The second-order valence-electron chi connectivity index (χ2n) is 8.29. The number of fused-ring (bicyclic) bond motifs is 1. The van der Waals surface area contributed by atoms with Crippen LogP contribution in [0.1, 0.15) is 46.1 Å². The molecule has 0 N–H and O–H groups in total. The number of aromatic nitrogens is 1. The summed E-state index contributed by atoms with van der Waals surface area (Å²) in [5.41, 5.74) is 0.864. The molecular weight excluding hydrogens is 388 g/mol. The van der Waals surface area contributed by atoms with E-state index in [9.17, 15) is 19.2 Å². The van der Waals surface area contributed by atoms with Crippen molar-refractivity contribution in [3.05, 3.63) is 36.0 Å². The number of para-hydroxylation sites is 1. The number of carbonyl (C=O) groups excluding carboxylic acids is 4. The van der Waals surface area contributed by atoms with Crippen LogP contribution in [0.4, 0.5) is 4.79 Å². The standard InChI is InChI=1S/C22H26N2O6/c1-14(25)29-18-9-10-19(26)23(20(18)27)12-11-15-13-24(21(28)30-22(2,3)4)17-8-6-5-7-16(15)17/h5-8,13,18H,9-12H2,1-4H3/t18-/m0/s1. The molecule has 8 nitrogen and oxygen atoms in total. The SMILES string of the molecule is CC(=O)O[C@H]1CCC(=O)N(CCc2cn(C(=O)OC(C)(C)C)c3ccccc23)C1=O. The first-order valence-corrected chi connectivity index (χ1v) is 9.90. The predicted molar refractivity (Wildman–Crippen MR) is 109 cm³/mol. The van der Waals surface area contributed by atoms with Gasteiger partial charge >= 0.3 is 12.1 Å². The van der Waals surface area contributed by atoms with Gasteiger partial charge in [0.1, 0.15) is 5.60 Å². The van der Waals surface area contributed by atoms with Gasteiger partial charge in [-0.1, -0.05) is 18.2 Å². The van der Waals surface area contributed by atoms with E-state index >= 15 is 0 Å². The van der Waals surface area contributed by atoms with Crippen molar-refractivity contribution < 1.29 is 28.7 Å². The number of carbonyl (C=O) groups is 4. The first-order valence-electron chi connectivity index (χ1n) is 9.90. The van der Waals surface area contributed by atoms with Gasteiger partial charge in [0.05, 0.1) is 5.52 Å². The molecule has 160 valence electrons. The fourth-order valence-electron chi connectivity index (χ4n) is 3.50. The lowest BCUT2D eigenvalue weighted by Crippen LogP contribution is -2.49. The zero-order valence-electron chi connectivity index (χ0n) is 17.6. The van der Waals surface area contributed by atoms with Gasteiger partial charge in [-0.15, -0.1) is 0 Å². The van der Waals surface area contributed by atoms with Crippen LogP contribution in [0, 0.1) is 0 Å². The molecule has 0 bridgehead atoms. The summed E-state index contributed by atoms with van der Waals surface area (Å²) in [6.07, 6.45) is 0.963. The molecule has 8 heteroatoms. The van der Waals surface area contributed by atoms with Crippen LogP contribution in [-0.2, 0) is 30.3 Å². The minimum atomic E-state index is -0.927. The number of benzene rings is 1. The number of nitrogens with zero attached hydrogens (tertiary/aromatic N) is 2. The Morgan fingerprint density at radius 1 is 1.17 bits per heavy atom. The number of ether oxygens (including phenoxy) is 2. The Labute approximate surface area is 174 Å². The summed E-state index contributed by atoms with van der Waals surface area (Å²) < 4.78 is 12.0. The van der Waals surface area contributed by atoms with Crippen molar-refractivity contribution >= 4 is 34.8 Å². The predicted octanol–water partition coefficient (Wildman–Crippen LogP) is 3.05. The van der Waals surface area contributed by atoms with Crippen molar-refractivity contribution in [1.29, 1.82) is 0 Å². The molecule has 1 aliphatic rings. The van der Waals surface area contributed by atoms with E-state index in [1.807, 2.05) is 24.3 Å². The minimum Gasteiger partial charge on any atom is -0.452 e. The Hall–Kier alpha value is -3.16. The quantitative estimate of drug-likeness (QED) is 0.564. The van der Waals surface area contributed by atoms with E-state index in [-0.39, 0.29) is 25.3 Å². The third-order valence-corrected chi connectivity index (χ3v) is 4.76. The monoisotopic (exact) mass is 414 g/mol. The van der Waals surface area contributed by atoms with Crippen molar-refractivity contribution in [2.24, 2.45) is 0 Å². The highest BCUT2D eigenvalue weighted by atomic mass is 16.6. The number of imide groups is 1. The molecule has 1 aliphatic heterocycles. The first-order chi connectivity index (χ1) is 14.1. The van der Waals surface area contributed by atoms with Crippen LogP contribution >= 0.6 is 0 Å². The smallest absolute Gasteiger partial charge is 0.419 e. The van der Waals surface area contributed by atoms with Crippen LogP contribution < -0.4 is 0 Å². The Morgan fingerprint density at radius 3 is 2.53 bits per heavy atom. The number of hydrogen-bond donors (Lipinski definition) is 0. The molecule has 1 atom stereocenters. The largest absolute Gasteiger partial charge is 0.452 e. The third kappa shape index (κ3) is 4.69. The van der Waals surface area contributed by atoms with Gasteiger partial charge in [-0.3, -0.25) is 23.9 Å². The van der Waals surface area contributed by atoms with Gasteiger partial charge in [0, 0.05) is 37.9 Å². The van der Waals surface area contributed by atoms with Crippen molar-refractivity contribution in [3.8, 4) is 0 Å². The lowest BCUT2D eigenvalue weighted by atomic mass is 10.0. The maximum absolute atomic E-state index is 12.6. The molecule has 1 fully saturated rings. The fourth-order valence-corrected chi connectivity index (χ4v) is 3.50. The van der Waals surface area contributed by atoms with Crippen molar-refractivity contribution in [2.75, 3.05) is 6.54 Å². The number of rotatable bonds is 4. The summed E-state index contributed by atoms with van der Waals surface area (Å²) in [5.74, 6) is -1.35. The number of piperidine rings is 1. The molecule has 1 saturated heterocycles. The van der Waals surface area contributed by atoms with Gasteiger partial charge in [0.15, 0.2) is 6.10 Å². The normalized spacial score (nSPS) is 17.3. The van der Waals surface area contributed by atoms with E-state index in [1.165, 1.54) is 11.5 Å². The van der Waals surface area contributed by atoms with Crippen LogP contribution in [0.15, 0.2) is 30.5 Å². The van der Waals surface area contributed by atoms with E-state index < -0.39 is 29.7 Å². The van der Waals surface area contributed by atoms with Crippen molar-refractivity contribution in [3.63, 3.8) is 0 Å². The topological polar surface area (TPSA) is 94.9 Å². The molecule has 0 radical (unpaired) electrons. The lowest BCUT2D eigenvalue weighted by molar-refractivity contribution is -0.167. The third-order valence-electron chi connectivity index (χ3n) is 4.76. The van der Waals surface area contributed by atoms with E-state index in [1.54, 1.807) is 27.0 Å². The number of likely N-dealkylation sites (tertiary alicyclic amines) is 1. The Bertz CT molecular complexity index is 1000. The Kier molecular flexibility index (Phi) is 5.96. The molecule has 2 aromatic rings. The highest BCUT2D eigenvalue weighted by Crippen LogP contribution is 2.24. The van der Waals surface area contributed by atoms with E-state index in [0.717, 1.165) is 15.8 Å². The van der Waals surface area contributed by atoms with E-state index in [4.69, 9.17) is 9.47 Å². The number of amides is 2. The molecule has 0 spiro atoms. The average Bonchev–Trinajstić information content (AvgIpc) is 3.01. The zero-order valence-corrected chi connectivity index (χ0v) is 17.6. The van der Waals surface area contributed by atoms with Gasteiger partial charge in [-0.05, 0) is 38.8 Å². The molecule has 0 aliphatic carbocycles. The summed E-state index contributed by atoms with van der Waals surface area (Å²) in [5, 5.41) is 0.844. The number of esters is 1. The molecular formula is C22H26N2O6. The molecule has 30 heavy (non-hydrogen) atoms. The summed E-state index contributed by atoms with van der Waals surface area (Å²) in [7, 11) is 0. The average molecular weight is 414 g/mol. The van der Waals surface area contributed by atoms with Crippen molar-refractivity contribution in [2.45, 2.75) is 58.7 Å². The molecule has 0 unspecified atom stereocenters. The second-order valence-corrected chi connectivity index (χ2v) is 8.29. The van der Waals surface area contributed by atoms with Crippen molar-refractivity contribution in [1.82, 2.24) is 9.47 Å². The molecule has 3 rings (SSSR count). The fraction of sp³-hybridized carbons (Fsp3) is 0.455. The summed E-state index contributed by atoms with van der Waals surface area (Å²) in [4.78, 5) is 49.8. The van der Waals surface area contributed by atoms with Crippen LogP contribution in [0.2, 0.25) is 0 Å². The lowest BCUT2D eigenvalue weighted by Gasteiger charge is -2.30. The molecule has 2 amide bonds. The highest BCUT2D eigenvalue weighted by Gasteiger charge is 2.36. The maximum Gasteiger partial charge on any atom is 0.419 e. The van der Waals surface area contributed by atoms with Gasteiger partial charge in [0.2, 0.25) is 5.91 Å². The second kappa shape index (κ2) is 8.30. The highest BCUT2D eigenvalue weighted by molar-refractivity contribution is 6.00. The Balaban J connectivity index is 1.82. The van der Waals surface area contributed by atoms with Gasteiger partial charge in [0.25, 0.3) is 5.91 Å². The Morgan fingerprint density at radius 2 is 1.87 bits per heavy atom. The van der Waals surface area contributed by atoms with Gasteiger partial charge < -0.3 is 9.47 Å². The van der Waals surface area contributed by atoms with Crippen LogP contribution in [-0.4, -0.2) is 51.6 Å². The minimum absolute atomic E-state index is 0.137. The maximum atomic E-state index is 12.6. The summed E-state index contributed by atoms with van der Waals surface area (Å²) in [6, 6.07) is 7.39. The van der Waals surface area contributed by atoms with Crippen LogP contribution in [0.5, 0.6) is 0 Å². The van der Waals surface area contributed by atoms with Crippen LogP contribution in [0.3, 0.4) is 0 Å².